The highest BCUT2D eigenvalue weighted by molar-refractivity contribution is 5.76. The summed E-state index contributed by atoms with van der Waals surface area (Å²) in [5, 5.41) is 87.4. The van der Waals surface area contributed by atoms with Crippen LogP contribution in [0.25, 0.3) is 0 Å². The maximum absolute atomic E-state index is 13.3. The van der Waals surface area contributed by atoms with Crippen LogP contribution in [0.2, 0.25) is 0 Å². The lowest BCUT2D eigenvalue weighted by atomic mass is 9.97. The molecule has 77 heavy (non-hydrogen) atoms. The summed E-state index contributed by atoms with van der Waals surface area (Å²) in [6.45, 7) is 2.91. The molecule has 0 saturated carbocycles. The van der Waals surface area contributed by atoms with Crippen molar-refractivity contribution in [3.05, 3.63) is 0 Å². The summed E-state index contributed by atoms with van der Waals surface area (Å²) in [5.74, 6) is -0.200. The van der Waals surface area contributed by atoms with Crippen LogP contribution in [0.1, 0.15) is 303 Å². The molecule has 2 fully saturated rings. The average Bonchev–Trinajstić information content (AvgIpc) is 3.45. The van der Waals surface area contributed by atoms with Crippen LogP contribution in [-0.4, -0.2) is 140 Å². The minimum absolute atomic E-state index is 0.200. The first-order valence-electron chi connectivity index (χ1n) is 32.8. The molecule has 0 aromatic carbocycles. The molecular formula is C63H123NO13. The number of unbranched alkanes of at least 4 members (excludes halogenated alkanes) is 41. The van der Waals surface area contributed by atoms with Crippen molar-refractivity contribution in [3.63, 3.8) is 0 Å². The van der Waals surface area contributed by atoms with Gasteiger partial charge in [0.1, 0.15) is 48.8 Å². The van der Waals surface area contributed by atoms with Crippen LogP contribution < -0.4 is 5.32 Å². The fraction of sp³-hybridized carbons (Fsp3) is 0.984. The van der Waals surface area contributed by atoms with Gasteiger partial charge >= 0.3 is 0 Å². The molecule has 9 N–H and O–H groups in total. The normalized spacial score (nSPS) is 24.6. The molecule has 12 atom stereocenters. The number of carbonyl (C=O) groups excluding carboxylic acids is 1. The van der Waals surface area contributed by atoms with Gasteiger partial charge in [-0.25, -0.2) is 0 Å². The smallest absolute Gasteiger partial charge is 0.220 e. The van der Waals surface area contributed by atoms with Crippen LogP contribution in [0, 0.1) is 0 Å². The Kier molecular flexibility index (Phi) is 46.4. The van der Waals surface area contributed by atoms with E-state index >= 15 is 0 Å². The molecule has 14 heteroatoms. The summed E-state index contributed by atoms with van der Waals surface area (Å²) in [6, 6.07) is -0.823. The Labute approximate surface area is 470 Å². The number of amides is 1. The second-order valence-corrected chi connectivity index (χ2v) is 23.6. The first-order valence-corrected chi connectivity index (χ1v) is 32.8. The highest BCUT2D eigenvalue weighted by Crippen LogP contribution is 2.30. The number of nitrogens with one attached hydrogen (secondary N) is 1. The van der Waals surface area contributed by atoms with E-state index in [2.05, 4.69) is 19.2 Å². The Morgan fingerprint density at radius 3 is 1.10 bits per heavy atom. The van der Waals surface area contributed by atoms with Crippen LogP contribution in [0.5, 0.6) is 0 Å². The van der Waals surface area contributed by atoms with Gasteiger partial charge in [0.25, 0.3) is 0 Å². The van der Waals surface area contributed by atoms with E-state index in [1.807, 2.05) is 0 Å². The van der Waals surface area contributed by atoms with Crippen molar-refractivity contribution in [2.45, 2.75) is 376 Å². The van der Waals surface area contributed by atoms with Crippen LogP contribution >= 0.6 is 0 Å². The summed E-state index contributed by atoms with van der Waals surface area (Å²) in [4.78, 5) is 13.3. The third-order valence-corrected chi connectivity index (χ3v) is 16.6. The van der Waals surface area contributed by atoms with Gasteiger partial charge < -0.3 is 65.1 Å². The molecule has 0 spiro atoms. The Morgan fingerprint density at radius 2 is 0.740 bits per heavy atom. The van der Waals surface area contributed by atoms with Crippen LogP contribution in [-0.2, 0) is 23.7 Å². The third kappa shape index (κ3) is 34.9. The molecule has 0 bridgehead atoms. The Bertz CT molecular complexity index is 1300. The summed E-state index contributed by atoms with van der Waals surface area (Å²) in [6.07, 6.45) is 39.7. The van der Waals surface area contributed by atoms with Crippen molar-refractivity contribution in [3.8, 4) is 0 Å². The van der Waals surface area contributed by atoms with Gasteiger partial charge in [-0.3, -0.25) is 4.79 Å². The van der Waals surface area contributed by atoms with Gasteiger partial charge in [0.05, 0.1) is 32.0 Å². The van der Waals surface area contributed by atoms with Gasteiger partial charge in [-0.05, 0) is 12.8 Å². The number of aliphatic hydroxyl groups is 8. The fourth-order valence-corrected chi connectivity index (χ4v) is 11.3. The van der Waals surface area contributed by atoms with Gasteiger partial charge in [0.15, 0.2) is 12.6 Å². The molecule has 0 aromatic heterocycles. The lowest BCUT2D eigenvalue weighted by molar-refractivity contribution is -0.359. The number of aliphatic hydroxyl groups excluding tert-OH is 8. The summed E-state index contributed by atoms with van der Waals surface area (Å²) in [7, 11) is 0. The number of hydrogen-bond acceptors (Lipinski definition) is 13. The SMILES string of the molecule is CCCCCCCCCCCCCCCCCCCCCCCCCCCCCCC(O)C(COC1OC(CO)C(OC2OC(CO)C(O)C(O)C2O)C(O)C1O)NC(=O)CCCCCCCCCCCCCCCCC. The molecule has 2 aliphatic rings. The molecule has 2 rings (SSSR count). The van der Waals surface area contributed by atoms with E-state index in [4.69, 9.17) is 18.9 Å². The van der Waals surface area contributed by atoms with Gasteiger partial charge in [-0.15, -0.1) is 0 Å². The Morgan fingerprint density at radius 1 is 0.416 bits per heavy atom. The predicted molar refractivity (Wildman–Crippen MR) is 309 cm³/mol. The Hall–Kier alpha value is -1.01. The van der Waals surface area contributed by atoms with Crippen molar-refractivity contribution < 1.29 is 64.6 Å². The molecule has 0 radical (unpaired) electrons. The number of rotatable bonds is 54. The lowest BCUT2D eigenvalue weighted by Gasteiger charge is -2.46. The largest absolute Gasteiger partial charge is 0.394 e. The van der Waals surface area contributed by atoms with Crippen molar-refractivity contribution in [2.75, 3.05) is 19.8 Å². The summed E-state index contributed by atoms with van der Waals surface area (Å²) < 4.78 is 22.9. The second-order valence-electron chi connectivity index (χ2n) is 23.6. The molecule has 12 unspecified atom stereocenters. The van der Waals surface area contributed by atoms with E-state index in [0.717, 1.165) is 51.4 Å². The number of ether oxygens (including phenoxy) is 4. The molecule has 2 saturated heterocycles. The minimum Gasteiger partial charge on any atom is -0.394 e. The van der Waals surface area contributed by atoms with E-state index in [0.29, 0.717) is 12.8 Å². The van der Waals surface area contributed by atoms with Gasteiger partial charge in [0, 0.05) is 6.42 Å². The van der Waals surface area contributed by atoms with E-state index in [-0.39, 0.29) is 12.5 Å². The van der Waals surface area contributed by atoms with Crippen LogP contribution in [0.15, 0.2) is 0 Å². The number of carbonyl (C=O) groups is 1. The minimum atomic E-state index is -1.78. The lowest BCUT2D eigenvalue weighted by Crippen LogP contribution is -2.65. The third-order valence-electron chi connectivity index (χ3n) is 16.6. The molecule has 1 amide bonds. The quantitative estimate of drug-likeness (QED) is 0.0259. The van der Waals surface area contributed by atoms with Gasteiger partial charge in [-0.1, -0.05) is 284 Å². The van der Waals surface area contributed by atoms with Gasteiger partial charge in [-0.2, -0.15) is 0 Å². The molecular weight excluding hydrogens is 979 g/mol. The molecule has 0 aromatic rings. The predicted octanol–water partition coefficient (Wildman–Crippen LogP) is 12.1. The van der Waals surface area contributed by atoms with E-state index < -0.39 is 86.8 Å². The first kappa shape index (κ1) is 72.1. The zero-order valence-electron chi connectivity index (χ0n) is 49.5. The van der Waals surface area contributed by atoms with E-state index in [9.17, 15) is 45.6 Å². The van der Waals surface area contributed by atoms with E-state index in [1.165, 1.54) is 225 Å². The number of hydrogen-bond donors (Lipinski definition) is 9. The highest BCUT2D eigenvalue weighted by Gasteiger charge is 2.51. The van der Waals surface area contributed by atoms with Crippen molar-refractivity contribution >= 4 is 5.91 Å². The maximum Gasteiger partial charge on any atom is 0.220 e. The molecule has 14 nitrogen and oxygen atoms in total. The molecule has 458 valence electrons. The van der Waals surface area contributed by atoms with Crippen LogP contribution in [0.3, 0.4) is 0 Å². The summed E-state index contributed by atoms with van der Waals surface area (Å²) in [5.41, 5.74) is 0. The van der Waals surface area contributed by atoms with Crippen molar-refractivity contribution in [1.29, 1.82) is 0 Å². The monoisotopic (exact) mass is 1100 g/mol. The van der Waals surface area contributed by atoms with Gasteiger partial charge in [0.2, 0.25) is 5.91 Å². The second kappa shape index (κ2) is 49.6. The Balaban J connectivity index is 1.67. The average molecular weight is 1100 g/mol. The standard InChI is InChI=1S/C63H123NO13/c1-3-5-7-9-11-13-15-17-19-20-21-22-23-24-25-26-27-28-29-30-31-33-34-36-38-40-42-44-46-52(67)51(64-55(68)47-45-43-41-39-37-35-32-18-16-14-12-10-8-6-4-2)50-74-62-60(73)58(71)61(54(49-66)76-62)77-63-59(72)57(70)56(69)53(48-65)75-63/h51-54,56-63,65-67,69-73H,3-50H2,1-2H3,(H,64,68). The van der Waals surface area contributed by atoms with Crippen molar-refractivity contribution in [1.82, 2.24) is 5.32 Å². The summed E-state index contributed by atoms with van der Waals surface area (Å²) >= 11 is 0. The molecule has 0 aliphatic carbocycles. The molecule has 2 aliphatic heterocycles. The zero-order valence-corrected chi connectivity index (χ0v) is 49.5. The highest BCUT2D eigenvalue weighted by atomic mass is 16.7. The van der Waals surface area contributed by atoms with Crippen LogP contribution in [0.4, 0.5) is 0 Å². The zero-order chi connectivity index (χ0) is 56.0. The maximum atomic E-state index is 13.3. The first-order chi connectivity index (χ1) is 37.6. The van der Waals surface area contributed by atoms with Crippen molar-refractivity contribution in [2.24, 2.45) is 0 Å². The molecule has 2 heterocycles. The van der Waals surface area contributed by atoms with E-state index in [1.54, 1.807) is 0 Å². The topological polar surface area (TPSA) is 228 Å². The fourth-order valence-electron chi connectivity index (χ4n) is 11.3.